The van der Waals surface area contributed by atoms with Gasteiger partial charge in [0, 0.05) is 18.1 Å². The molecule has 0 amide bonds. The second kappa shape index (κ2) is 7.01. The molecule has 22 heavy (non-hydrogen) atoms. The number of piperidine rings is 1. The number of hydrogen-bond donors (Lipinski definition) is 2. The third-order valence-electron chi connectivity index (χ3n) is 4.16. The second-order valence-corrected chi connectivity index (χ2v) is 8.09. The van der Waals surface area contributed by atoms with E-state index in [0.717, 1.165) is 25.7 Å². The molecule has 0 saturated carbocycles. The normalized spacial score (nSPS) is 27.5. The smallest absolute Gasteiger partial charge is 0.216 e. The van der Waals surface area contributed by atoms with Crippen LogP contribution in [-0.2, 0) is 15.8 Å². The van der Waals surface area contributed by atoms with Crippen LogP contribution in [0.15, 0.2) is 18.2 Å². The summed E-state index contributed by atoms with van der Waals surface area (Å²) in [6.45, 7) is 0. The van der Waals surface area contributed by atoms with Gasteiger partial charge in [-0.2, -0.15) is 0 Å². The average molecular weight is 369 g/mol. The maximum Gasteiger partial charge on any atom is 0.216 e. The number of benzene rings is 1. The van der Waals surface area contributed by atoms with Crippen LogP contribution in [0.1, 0.15) is 31.2 Å². The number of halogens is 3. The maximum absolute atomic E-state index is 13.1. The Hall–Kier alpha value is -0.400. The molecule has 8 heteroatoms. The van der Waals surface area contributed by atoms with Gasteiger partial charge in [-0.3, -0.25) is 0 Å². The Morgan fingerprint density at radius 3 is 2.50 bits per heavy atom. The van der Waals surface area contributed by atoms with Gasteiger partial charge in [0.05, 0.1) is 10.8 Å². The molecule has 4 nitrogen and oxygen atoms in total. The van der Waals surface area contributed by atoms with E-state index in [1.54, 1.807) is 0 Å². The van der Waals surface area contributed by atoms with Gasteiger partial charge >= 0.3 is 0 Å². The maximum atomic E-state index is 13.1. The van der Waals surface area contributed by atoms with Crippen molar-refractivity contribution in [1.82, 2.24) is 10.0 Å². The first-order valence-corrected chi connectivity index (χ1v) is 9.14. The van der Waals surface area contributed by atoms with E-state index in [1.807, 2.05) is 0 Å². The van der Waals surface area contributed by atoms with Crippen LogP contribution in [0.5, 0.6) is 0 Å². The molecule has 2 aliphatic heterocycles. The topological polar surface area (TPSA) is 58.2 Å². The van der Waals surface area contributed by atoms with Crippen molar-refractivity contribution in [3.63, 3.8) is 0 Å². The van der Waals surface area contributed by atoms with E-state index in [1.165, 1.54) is 18.2 Å². The quantitative estimate of drug-likeness (QED) is 0.858. The van der Waals surface area contributed by atoms with Gasteiger partial charge < -0.3 is 5.32 Å². The molecule has 2 atom stereocenters. The largest absolute Gasteiger partial charge is 0.311 e. The van der Waals surface area contributed by atoms with Crippen molar-refractivity contribution in [3.05, 3.63) is 34.6 Å². The minimum Gasteiger partial charge on any atom is -0.311 e. The predicted molar refractivity (Wildman–Crippen MR) is 87.4 cm³/mol. The molecule has 0 radical (unpaired) electrons. The molecule has 0 aliphatic carbocycles. The van der Waals surface area contributed by atoms with Crippen molar-refractivity contribution in [2.75, 3.05) is 0 Å². The predicted octanol–water partition coefficient (Wildman–Crippen LogP) is 2.60. The molecule has 1 aromatic rings. The highest BCUT2D eigenvalue weighted by atomic mass is 35.5. The van der Waals surface area contributed by atoms with Gasteiger partial charge in [0.1, 0.15) is 5.82 Å². The van der Waals surface area contributed by atoms with E-state index in [2.05, 4.69) is 10.0 Å². The highest BCUT2D eigenvalue weighted by Crippen LogP contribution is 2.27. The van der Waals surface area contributed by atoms with E-state index in [9.17, 15) is 12.8 Å². The molecule has 2 N–H and O–H groups in total. The van der Waals surface area contributed by atoms with Crippen LogP contribution < -0.4 is 10.0 Å². The molecular formula is C14H19Cl2FN2O2S. The van der Waals surface area contributed by atoms with E-state index in [4.69, 9.17) is 11.6 Å². The number of rotatable bonds is 4. The van der Waals surface area contributed by atoms with Gasteiger partial charge in [-0.1, -0.05) is 17.7 Å². The van der Waals surface area contributed by atoms with Gasteiger partial charge in [0.2, 0.25) is 10.0 Å². The van der Waals surface area contributed by atoms with Gasteiger partial charge in [-0.05, 0) is 43.4 Å². The summed E-state index contributed by atoms with van der Waals surface area (Å²) < 4.78 is 40.3. The lowest BCUT2D eigenvalue weighted by Crippen LogP contribution is -2.48. The molecule has 2 bridgehead atoms. The molecule has 2 saturated heterocycles. The average Bonchev–Trinajstić information content (AvgIpc) is 2.72. The lowest BCUT2D eigenvalue weighted by atomic mass is 10.0. The number of fused-ring (bicyclic) bond motifs is 2. The van der Waals surface area contributed by atoms with Crippen LogP contribution in [-0.4, -0.2) is 26.5 Å². The summed E-state index contributed by atoms with van der Waals surface area (Å²) in [4.78, 5) is 0. The Bertz CT molecular complexity index is 630. The summed E-state index contributed by atoms with van der Waals surface area (Å²) in [5.41, 5.74) is 0.491. The third-order valence-corrected chi connectivity index (χ3v) is 5.86. The lowest BCUT2D eigenvalue weighted by molar-refractivity contribution is 0.345. The van der Waals surface area contributed by atoms with Crippen LogP contribution in [0, 0.1) is 5.82 Å². The monoisotopic (exact) mass is 368 g/mol. The zero-order valence-corrected chi connectivity index (χ0v) is 14.3. The zero-order valence-electron chi connectivity index (χ0n) is 11.9. The van der Waals surface area contributed by atoms with Gasteiger partial charge in [0.15, 0.2) is 0 Å². The number of hydrogen-bond acceptors (Lipinski definition) is 3. The summed E-state index contributed by atoms with van der Waals surface area (Å²) in [6, 6.07) is 4.85. The summed E-state index contributed by atoms with van der Waals surface area (Å²) in [6.07, 6.45) is 3.91. The molecular weight excluding hydrogens is 350 g/mol. The van der Waals surface area contributed by atoms with Crippen LogP contribution in [0.4, 0.5) is 4.39 Å². The minimum absolute atomic E-state index is 0. The van der Waals surface area contributed by atoms with E-state index in [0.29, 0.717) is 17.6 Å². The lowest BCUT2D eigenvalue weighted by Gasteiger charge is -2.29. The molecule has 2 aliphatic rings. The van der Waals surface area contributed by atoms with Crippen molar-refractivity contribution >= 4 is 34.0 Å². The standard InChI is InChI=1S/C14H18ClFN2O2S.ClH/c15-13-5-9(1-4-14(13)16)8-21(19,20)18-12-6-10-2-3-11(7-12)17-10;/h1,4-5,10-12,17-18H,2-3,6-8H2;1H. The van der Waals surface area contributed by atoms with Crippen molar-refractivity contribution in [2.45, 2.75) is 49.6 Å². The first-order chi connectivity index (χ1) is 9.91. The van der Waals surface area contributed by atoms with Crippen LogP contribution in [0.3, 0.4) is 0 Å². The van der Waals surface area contributed by atoms with Crippen molar-refractivity contribution in [2.24, 2.45) is 0 Å². The summed E-state index contributed by atoms with van der Waals surface area (Å²) in [5, 5.41) is 3.42. The fourth-order valence-corrected chi connectivity index (χ4v) is 4.90. The Balaban J connectivity index is 0.00000176. The Morgan fingerprint density at radius 1 is 1.27 bits per heavy atom. The first kappa shape index (κ1) is 17.9. The molecule has 2 fully saturated rings. The SMILES string of the molecule is Cl.O=S(=O)(Cc1ccc(F)c(Cl)c1)NC1CC2CCC(C1)N2. The van der Waals surface area contributed by atoms with E-state index >= 15 is 0 Å². The van der Waals surface area contributed by atoms with Crippen LogP contribution in [0.25, 0.3) is 0 Å². The third kappa shape index (κ3) is 4.32. The first-order valence-electron chi connectivity index (χ1n) is 7.11. The highest BCUT2D eigenvalue weighted by Gasteiger charge is 2.35. The fraction of sp³-hybridized carbons (Fsp3) is 0.571. The van der Waals surface area contributed by atoms with Gasteiger partial charge in [-0.25, -0.2) is 17.5 Å². The van der Waals surface area contributed by atoms with Crippen molar-refractivity contribution in [1.29, 1.82) is 0 Å². The second-order valence-electron chi connectivity index (χ2n) is 5.93. The van der Waals surface area contributed by atoms with Crippen molar-refractivity contribution < 1.29 is 12.8 Å². The molecule has 2 heterocycles. The summed E-state index contributed by atoms with van der Waals surface area (Å²) in [5.74, 6) is -0.715. The molecule has 124 valence electrons. The molecule has 2 unspecified atom stereocenters. The van der Waals surface area contributed by atoms with E-state index in [-0.39, 0.29) is 29.2 Å². The van der Waals surface area contributed by atoms with Gasteiger partial charge in [0.25, 0.3) is 0 Å². The van der Waals surface area contributed by atoms with Crippen LogP contribution in [0.2, 0.25) is 5.02 Å². The van der Waals surface area contributed by atoms with Crippen LogP contribution >= 0.6 is 24.0 Å². The minimum atomic E-state index is -3.44. The number of sulfonamides is 1. The number of nitrogens with one attached hydrogen (secondary N) is 2. The summed E-state index contributed by atoms with van der Waals surface area (Å²) in [7, 11) is -3.44. The Labute approximate surface area is 141 Å². The zero-order chi connectivity index (χ0) is 15.0. The van der Waals surface area contributed by atoms with Crippen molar-refractivity contribution in [3.8, 4) is 0 Å². The Kier molecular flexibility index (Phi) is 5.72. The Morgan fingerprint density at radius 2 is 1.91 bits per heavy atom. The molecule has 3 rings (SSSR count). The molecule has 0 spiro atoms. The molecule has 0 aromatic heterocycles. The fourth-order valence-electron chi connectivity index (χ4n) is 3.30. The van der Waals surface area contributed by atoms with E-state index < -0.39 is 15.8 Å². The summed E-state index contributed by atoms with van der Waals surface area (Å²) >= 11 is 5.68. The molecule has 1 aromatic carbocycles. The van der Waals surface area contributed by atoms with Gasteiger partial charge in [-0.15, -0.1) is 12.4 Å². The highest BCUT2D eigenvalue weighted by molar-refractivity contribution is 7.88.